The number of ether oxygens (including phenoxy) is 1. The zero-order chi connectivity index (χ0) is 21.6. The molecule has 3 aromatic rings. The Labute approximate surface area is 181 Å². The first-order valence-corrected chi connectivity index (χ1v) is 10.6. The van der Waals surface area contributed by atoms with Crippen molar-refractivity contribution in [2.75, 3.05) is 18.5 Å². The van der Waals surface area contributed by atoms with E-state index in [1.54, 1.807) is 24.3 Å². The Balaban J connectivity index is 1.29. The first kappa shape index (κ1) is 20.7. The molecule has 7 nitrogen and oxygen atoms in total. The average Bonchev–Trinajstić information content (AvgIpc) is 3.23. The summed E-state index contributed by atoms with van der Waals surface area (Å²) in [7, 11) is 0. The summed E-state index contributed by atoms with van der Waals surface area (Å²) in [6.45, 7) is 3.38. The van der Waals surface area contributed by atoms with Crippen molar-refractivity contribution in [3.8, 4) is 17.0 Å². The maximum atomic E-state index is 12.2. The van der Waals surface area contributed by atoms with Crippen LogP contribution in [0.3, 0.4) is 0 Å². The molecule has 0 radical (unpaired) electrons. The minimum Gasteiger partial charge on any atom is -0.494 e. The summed E-state index contributed by atoms with van der Waals surface area (Å²) in [4.78, 5) is 29.2. The fourth-order valence-corrected chi connectivity index (χ4v) is 3.61. The highest BCUT2D eigenvalue weighted by Gasteiger charge is 2.13. The number of carbonyl (C=O) groups excluding carboxylic acids is 2. The van der Waals surface area contributed by atoms with E-state index < -0.39 is 0 Å². The lowest BCUT2D eigenvalue weighted by atomic mass is 10.1. The van der Waals surface area contributed by atoms with Crippen LogP contribution in [0.15, 0.2) is 54.7 Å². The molecule has 1 aromatic heterocycles. The molecule has 1 aliphatic heterocycles. The molecule has 2 aromatic carbocycles. The van der Waals surface area contributed by atoms with Gasteiger partial charge in [-0.25, -0.2) is 4.98 Å². The summed E-state index contributed by atoms with van der Waals surface area (Å²) < 4.78 is 7.59. The molecular weight excluding hydrogens is 392 g/mol. The van der Waals surface area contributed by atoms with Crippen LogP contribution in [0.1, 0.15) is 35.9 Å². The second-order valence-electron chi connectivity index (χ2n) is 7.46. The minimum atomic E-state index is -0.308. The highest BCUT2D eigenvalue weighted by molar-refractivity contribution is 5.99. The number of rotatable bonds is 7. The molecule has 0 spiro atoms. The van der Waals surface area contributed by atoms with E-state index in [1.807, 2.05) is 31.2 Å². The molecule has 4 rings (SSSR count). The Morgan fingerprint density at radius 3 is 2.55 bits per heavy atom. The van der Waals surface area contributed by atoms with Crippen LogP contribution in [0.2, 0.25) is 0 Å². The van der Waals surface area contributed by atoms with Crippen LogP contribution < -0.4 is 15.4 Å². The monoisotopic (exact) mass is 418 g/mol. The lowest BCUT2D eigenvalue weighted by Gasteiger charge is -2.11. The van der Waals surface area contributed by atoms with Crippen molar-refractivity contribution in [2.24, 2.45) is 0 Å². The van der Waals surface area contributed by atoms with Gasteiger partial charge in [0.15, 0.2) is 0 Å². The Morgan fingerprint density at radius 2 is 1.84 bits per heavy atom. The highest BCUT2D eigenvalue weighted by atomic mass is 16.5. The Morgan fingerprint density at radius 1 is 1.06 bits per heavy atom. The summed E-state index contributed by atoms with van der Waals surface area (Å²) in [5.41, 5.74) is 3.12. The van der Waals surface area contributed by atoms with Gasteiger partial charge in [0, 0.05) is 36.0 Å². The molecule has 0 bridgehead atoms. The van der Waals surface area contributed by atoms with E-state index in [0.717, 1.165) is 30.0 Å². The van der Waals surface area contributed by atoms with Gasteiger partial charge in [-0.1, -0.05) is 12.1 Å². The van der Waals surface area contributed by atoms with Gasteiger partial charge < -0.3 is 19.9 Å². The third kappa shape index (κ3) is 5.12. The number of aromatic nitrogens is 2. The average molecular weight is 418 g/mol. The standard InChI is InChI=1S/C24H26N4O3/c1-2-31-20-12-8-18(9-13-20)24(30)25-15-23(29)26-19-10-6-17(7-11-19)21-16-28-14-4-3-5-22(28)27-21/h6-13,16H,2-5,14-15H2,1H3,(H,25,30)(H,26,29). The van der Waals surface area contributed by atoms with Crippen LogP contribution in [-0.2, 0) is 17.8 Å². The summed E-state index contributed by atoms with van der Waals surface area (Å²) in [5, 5.41) is 5.43. The normalized spacial score (nSPS) is 12.7. The van der Waals surface area contributed by atoms with Gasteiger partial charge in [0.2, 0.25) is 5.91 Å². The van der Waals surface area contributed by atoms with Crippen molar-refractivity contribution in [2.45, 2.75) is 32.7 Å². The van der Waals surface area contributed by atoms with Gasteiger partial charge in [0.25, 0.3) is 5.91 Å². The first-order chi connectivity index (χ1) is 15.1. The number of aryl methyl sites for hydroxylation is 2. The van der Waals surface area contributed by atoms with Crippen molar-refractivity contribution < 1.29 is 14.3 Å². The second kappa shape index (κ2) is 9.47. The van der Waals surface area contributed by atoms with Gasteiger partial charge in [-0.15, -0.1) is 0 Å². The maximum absolute atomic E-state index is 12.2. The van der Waals surface area contributed by atoms with E-state index in [4.69, 9.17) is 9.72 Å². The number of nitrogens with zero attached hydrogens (tertiary/aromatic N) is 2. The molecule has 31 heavy (non-hydrogen) atoms. The topological polar surface area (TPSA) is 85.2 Å². The van der Waals surface area contributed by atoms with Gasteiger partial charge in [0.05, 0.1) is 18.8 Å². The number of anilines is 1. The highest BCUT2D eigenvalue weighted by Crippen LogP contribution is 2.24. The fourth-order valence-electron chi connectivity index (χ4n) is 3.61. The predicted octanol–water partition coefficient (Wildman–Crippen LogP) is 3.65. The van der Waals surface area contributed by atoms with Crippen molar-refractivity contribution in [1.29, 1.82) is 0 Å². The van der Waals surface area contributed by atoms with Gasteiger partial charge >= 0.3 is 0 Å². The maximum Gasteiger partial charge on any atom is 0.251 e. The molecule has 7 heteroatoms. The third-order valence-corrected chi connectivity index (χ3v) is 5.21. The Hall–Kier alpha value is -3.61. The molecule has 2 heterocycles. The predicted molar refractivity (Wildman–Crippen MR) is 119 cm³/mol. The van der Waals surface area contributed by atoms with E-state index in [2.05, 4.69) is 21.4 Å². The summed E-state index contributed by atoms with van der Waals surface area (Å²) in [5.74, 6) is 1.25. The van der Waals surface area contributed by atoms with Crippen LogP contribution in [0.4, 0.5) is 5.69 Å². The van der Waals surface area contributed by atoms with Crippen LogP contribution in [0.5, 0.6) is 5.75 Å². The van der Waals surface area contributed by atoms with E-state index in [-0.39, 0.29) is 18.4 Å². The number of nitrogens with one attached hydrogen (secondary N) is 2. The van der Waals surface area contributed by atoms with E-state index in [1.165, 1.54) is 12.8 Å². The number of fused-ring (bicyclic) bond motifs is 1. The van der Waals surface area contributed by atoms with Gasteiger partial charge in [-0.2, -0.15) is 0 Å². The molecule has 0 saturated heterocycles. The number of hydrogen-bond acceptors (Lipinski definition) is 4. The molecule has 0 unspecified atom stereocenters. The Kier molecular flexibility index (Phi) is 6.31. The van der Waals surface area contributed by atoms with Crippen molar-refractivity contribution in [3.05, 3.63) is 66.1 Å². The van der Waals surface area contributed by atoms with E-state index in [0.29, 0.717) is 23.6 Å². The van der Waals surface area contributed by atoms with Gasteiger partial charge in [-0.05, 0) is 56.2 Å². The number of hydrogen-bond donors (Lipinski definition) is 2. The number of imidazole rings is 1. The molecule has 1 aliphatic rings. The zero-order valence-electron chi connectivity index (χ0n) is 17.6. The van der Waals surface area contributed by atoms with E-state index in [9.17, 15) is 9.59 Å². The van der Waals surface area contributed by atoms with Crippen LogP contribution in [0, 0.1) is 0 Å². The SMILES string of the molecule is CCOc1ccc(C(=O)NCC(=O)Nc2ccc(-c3cn4c(n3)CCCC4)cc2)cc1. The van der Waals surface area contributed by atoms with Crippen LogP contribution >= 0.6 is 0 Å². The summed E-state index contributed by atoms with van der Waals surface area (Å²) >= 11 is 0. The van der Waals surface area contributed by atoms with Crippen LogP contribution in [0.25, 0.3) is 11.3 Å². The lowest BCUT2D eigenvalue weighted by molar-refractivity contribution is -0.115. The minimum absolute atomic E-state index is 0.110. The van der Waals surface area contributed by atoms with Crippen LogP contribution in [-0.4, -0.2) is 34.5 Å². The number of carbonyl (C=O) groups is 2. The lowest BCUT2D eigenvalue weighted by Crippen LogP contribution is -2.32. The molecule has 2 amide bonds. The first-order valence-electron chi connectivity index (χ1n) is 10.6. The molecule has 0 saturated carbocycles. The van der Waals surface area contributed by atoms with Crippen molar-refractivity contribution in [1.82, 2.24) is 14.9 Å². The third-order valence-electron chi connectivity index (χ3n) is 5.21. The summed E-state index contributed by atoms with van der Waals surface area (Å²) in [6, 6.07) is 14.4. The zero-order valence-corrected chi connectivity index (χ0v) is 17.6. The molecule has 0 aliphatic carbocycles. The smallest absolute Gasteiger partial charge is 0.251 e. The number of benzene rings is 2. The quantitative estimate of drug-likeness (QED) is 0.613. The summed E-state index contributed by atoms with van der Waals surface area (Å²) in [6.07, 6.45) is 5.51. The van der Waals surface area contributed by atoms with Gasteiger partial charge in [-0.3, -0.25) is 9.59 Å². The largest absolute Gasteiger partial charge is 0.494 e. The molecule has 2 N–H and O–H groups in total. The van der Waals surface area contributed by atoms with E-state index >= 15 is 0 Å². The molecule has 0 atom stereocenters. The Bertz CT molecular complexity index is 1030. The van der Waals surface area contributed by atoms with Gasteiger partial charge in [0.1, 0.15) is 11.6 Å². The second-order valence-corrected chi connectivity index (χ2v) is 7.46. The fraction of sp³-hybridized carbons (Fsp3) is 0.292. The number of amides is 2. The molecule has 0 fully saturated rings. The van der Waals surface area contributed by atoms with Crippen molar-refractivity contribution in [3.63, 3.8) is 0 Å². The molecular formula is C24H26N4O3. The van der Waals surface area contributed by atoms with Crippen molar-refractivity contribution >= 4 is 17.5 Å². The molecule has 160 valence electrons.